The fourth-order valence-electron chi connectivity index (χ4n) is 0.904. The van der Waals surface area contributed by atoms with Crippen LogP contribution in [0.3, 0.4) is 0 Å². The minimum Gasteiger partial charge on any atom is -0.433 e. The van der Waals surface area contributed by atoms with E-state index in [0.717, 1.165) is 0 Å². The Labute approximate surface area is 63.5 Å². The predicted molar refractivity (Wildman–Crippen MR) is 41.3 cm³/mol. The maximum Gasteiger partial charge on any atom is 0.104 e. The van der Waals surface area contributed by atoms with Crippen LogP contribution in [0.2, 0.25) is 0 Å². The van der Waals surface area contributed by atoms with Gasteiger partial charge in [-0.1, -0.05) is 0 Å². The molecule has 10 heavy (non-hydrogen) atoms. The number of hydrogen-bond donors (Lipinski definition) is 1. The van der Waals surface area contributed by atoms with Gasteiger partial charge in [-0.15, -0.1) is 0 Å². The molecule has 0 radical (unpaired) electrons. The third-order valence-electron chi connectivity index (χ3n) is 1.40. The number of aromatic amines is 1. The van der Waals surface area contributed by atoms with Crippen LogP contribution in [0.1, 0.15) is 10.9 Å². The standard InChI is InChI=1S/C7H7NOS/c1-2-6(8-4-1)7-3-5-9-10-7/h1-5,7-8H. The van der Waals surface area contributed by atoms with Gasteiger partial charge in [0.25, 0.3) is 0 Å². The first-order chi connectivity index (χ1) is 4.97. The lowest BCUT2D eigenvalue weighted by Gasteiger charge is -1.99. The molecule has 1 unspecified atom stereocenters. The van der Waals surface area contributed by atoms with Crippen molar-refractivity contribution in [1.29, 1.82) is 0 Å². The Balaban J connectivity index is 2.20. The molecule has 1 aromatic heterocycles. The topological polar surface area (TPSA) is 25.0 Å². The zero-order valence-corrected chi connectivity index (χ0v) is 6.10. The quantitative estimate of drug-likeness (QED) is 0.626. The maximum atomic E-state index is 5.00. The van der Waals surface area contributed by atoms with Gasteiger partial charge in [0, 0.05) is 11.9 Å². The molecular formula is C7H7NOS. The van der Waals surface area contributed by atoms with Gasteiger partial charge >= 0.3 is 0 Å². The average molecular weight is 153 g/mol. The Hall–Kier alpha value is -0.830. The number of H-pyrrole nitrogens is 1. The summed E-state index contributed by atoms with van der Waals surface area (Å²) in [4.78, 5) is 3.13. The smallest absolute Gasteiger partial charge is 0.104 e. The summed E-state index contributed by atoms with van der Waals surface area (Å²) in [5.74, 6) is 0. The van der Waals surface area contributed by atoms with Crippen molar-refractivity contribution >= 4 is 12.0 Å². The van der Waals surface area contributed by atoms with Gasteiger partial charge in [-0.05, 0) is 18.2 Å². The van der Waals surface area contributed by atoms with Crippen LogP contribution in [-0.4, -0.2) is 4.98 Å². The van der Waals surface area contributed by atoms with Crippen LogP contribution in [0.4, 0.5) is 0 Å². The van der Waals surface area contributed by atoms with Gasteiger partial charge in [0.2, 0.25) is 0 Å². The molecule has 0 fully saturated rings. The molecule has 0 spiro atoms. The number of aromatic nitrogens is 1. The lowest BCUT2D eigenvalue weighted by molar-refractivity contribution is 0.578. The van der Waals surface area contributed by atoms with Crippen LogP contribution < -0.4 is 0 Å². The zero-order valence-electron chi connectivity index (χ0n) is 5.28. The third kappa shape index (κ3) is 0.926. The van der Waals surface area contributed by atoms with Crippen LogP contribution in [0.25, 0.3) is 0 Å². The van der Waals surface area contributed by atoms with E-state index in [1.54, 1.807) is 6.26 Å². The maximum absolute atomic E-state index is 5.00. The highest BCUT2D eigenvalue weighted by atomic mass is 32.2. The monoisotopic (exact) mass is 153 g/mol. The molecule has 52 valence electrons. The second-order valence-electron chi connectivity index (χ2n) is 2.07. The highest BCUT2D eigenvalue weighted by molar-refractivity contribution is 7.95. The van der Waals surface area contributed by atoms with Crippen molar-refractivity contribution in [1.82, 2.24) is 4.98 Å². The van der Waals surface area contributed by atoms with E-state index < -0.39 is 0 Å². The summed E-state index contributed by atoms with van der Waals surface area (Å²) in [7, 11) is 0. The van der Waals surface area contributed by atoms with Crippen molar-refractivity contribution in [3.63, 3.8) is 0 Å². The van der Waals surface area contributed by atoms with Gasteiger partial charge in [0.05, 0.1) is 18.3 Å². The van der Waals surface area contributed by atoms with Crippen LogP contribution >= 0.6 is 12.0 Å². The number of nitrogens with one attached hydrogen (secondary N) is 1. The minimum atomic E-state index is 0.356. The lowest BCUT2D eigenvalue weighted by atomic mass is 10.3. The van der Waals surface area contributed by atoms with Crippen molar-refractivity contribution in [3.05, 3.63) is 36.4 Å². The molecule has 1 aliphatic heterocycles. The fourth-order valence-corrected chi connectivity index (χ4v) is 1.53. The summed E-state index contributed by atoms with van der Waals surface area (Å²) in [6, 6.07) is 4.04. The molecule has 3 heteroatoms. The summed E-state index contributed by atoms with van der Waals surface area (Å²) in [5.41, 5.74) is 1.19. The number of rotatable bonds is 1. The van der Waals surface area contributed by atoms with E-state index in [4.69, 9.17) is 4.18 Å². The van der Waals surface area contributed by atoms with E-state index >= 15 is 0 Å². The molecular weight excluding hydrogens is 146 g/mol. The largest absolute Gasteiger partial charge is 0.433 e. The lowest BCUT2D eigenvalue weighted by Crippen LogP contribution is -1.84. The summed E-state index contributed by atoms with van der Waals surface area (Å²) in [6.07, 6.45) is 5.66. The summed E-state index contributed by atoms with van der Waals surface area (Å²) < 4.78 is 5.00. The molecule has 1 atom stereocenters. The first-order valence-electron chi connectivity index (χ1n) is 3.09. The third-order valence-corrected chi connectivity index (χ3v) is 2.24. The van der Waals surface area contributed by atoms with Crippen LogP contribution in [0.5, 0.6) is 0 Å². The van der Waals surface area contributed by atoms with Crippen LogP contribution in [0, 0.1) is 0 Å². The summed E-state index contributed by atoms with van der Waals surface area (Å²) >= 11 is 1.46. The van der Waals surface area contributed by atoms with Crippen molar-refractivity contribution in [3.8, 4) is 0 Å². The molecule has 2 heterocycles. The number of hydrogen-bond acceptors (Lipinski definition) is 2. The Morgan fingerprint density at radius 1 is 1.60 bits per heavy atom. The molecule has 1 aliphatic rings. The van der Waals surface area contributed by atoms with E-state index in [1.807, 2.05) is 18.3 Å². The zero-order chi connectivity index (χ0) is 6.81. The van der Waals surface area contributed by atoms with Gasteiger partial charge < -0.3 is 9.17 Å². The van der Waals surface area contributed by atoms with Gasteiger partial charge in [0.15, 0.2) is 0 Å². The Bertz CT molecular complexity index is 230. The fraction of sp³-hybridized carbons (Fsp3) is 0.143. The molecule has 1 N–H and O–H groups in total. The van der Waals surface area contributed by atoms with Crippen molar-refractivity contribution < 1.29 is 4.18 Å². The molecule has 0 aliphatic carbocycles. The van der Waals surface area contributed by atoms with Crippen molar-refractivity contribution in [2.24, 2.45) is 0 Å². The van der Waals surface area contributed by atoms with Crippen molar-refractivity contribution in [2.75, 3.05) is 0 Å². The van der Waals surface area contributed by atoms with Gasteiger partial charge in [0.1, 0.15) is 5.25 Å². The first kappa shape index (κ1) is 5.92. The molecule has 0 saturated carbocycles. The van der Waals surface area contributed by atoms with E-state index in [-0.39, 0.29) is 0 Å². The normalized spacial score (nSPS) is 23.0. The Morgan fingerprint density at radius 3 is 3.20 bits per heavy atom. The Kier molecular flexibility index (Phi) is 1.43. The molecule has 0 aromatic carbocycles. The van der Waals surface area contributed by atoms with Gasteiger partial charge in [-0.3, -0.25) is 0 Å². The van der Waals surface area contributed by atoms with Crippen LogP contribution in [0.15, 0.2) is 30.7 Å². The van der Waals surface area contributed by atoms with Crippen molar-refractivity contribution in [2.45, 2.75) is 5.25 Å². The molecule has 2 rings (SSSR count). The SMILES string of the molecule is C1=CC(c2ccc[nH]2)SO1. The molecule has 0 saturated heterocycles. The second-order valence-corrected chi connectivity index (χ2v) is 2.96. The summed E-state index contributed by atoms with van der Waals surface area (Å²) in [6.45, 7) is 0. The average Bonchev–Trinajstić information content (AvgIpc) is 2.59. The first-order valence-corrected chi connectivity index (χ1v) is 3.89. The van der Waals surface area contributed by atoms with E-state index in [2.05, 4.69) is 11.1 Å². The predicted octanol–water partition coefficient (Wildman–Crippen LogP) is 2.25. The Morgan fingerprint density at radius 2 is 2.60 bits per heavy atom. The van der Waals surface area contributed by atoms with Crippen LogP contribution in [-0.2, 0) is 4.18 Å². The van der Waals surface area contributed by atoms with Gasteiger partial charge in [-0.2, -0.15) is 0 Å². The molecule has 0 amide bonds. The molecule has 0 bridgehead atoms. The van der Waals surface area contributed by atoms with E-state index in [9.17, 15) is 0 Å². The highest BCUT2D eigenvalue weighted by Crippen LogP contribution is 2.34. The second kappa shape index (κ2) is 2.42. The highest BCUT2D eigenvalue weighted by Gasteiger charge is 2.14. The minimum absolute atomic E-state index is 0.356. The summed E-state index contributed by atoms with van der Waals surface area (Å²) in [5, 5.41) is 0.356. The molecule has 1 aromatic rings. The van der Waals surface area contributed by atoms with E-state index in [1.165, 1.54) is 17.7 Å². The van der Waals surface area contributed by atoms with E-state index in [0.29, 0.717) is 5.25 Å². The van der Waals surface area contributed by atoms with Gasteiger partial charge in [-0.25, -0.2) is 0 Å². The molecule has 2 nitrogen and oxygen atoms in total.